The number of benzene rings is 2. The molecule has 0 bridgehead atoms. The molecule has 4 aliphatic heterocycles. The number of fused-ring (bicyclic) bond motifs is 1. The van der Waals surface area contributed by atoms with Crippen LogP contribution in [0, 0.1) is 13.8 Å². The quantitative estimate of drug-likeness (QED) is 0.237. The minimum Gasteiger partial charge on any atom is -0.498 e. The number of aldehydes is 1. The number of aliphatic hydroxyl groups excluding tert-OH is 1. The Kier molecular flexibility index (Phi) is 9.62. The second-order valence-corrected chi connectivity index (χ2v) is 14.3. The molecule has 0 aromatic heterocycles. The molecule has 2 unspecified atom stereocenters. The van der Waals surface area contributed by atoms with E-state index in [0.29, 0.717) is 50.6 Å². The van der Waals surface area contributed by atoms with E-state index in [1.807, 2.05) is 55.1 Å². The first-order valence-corrected chi connectivity index (χ1v) is 17.3. The van der Waals surface area contributed by atoms with Gasteiger partial charge >= 0.3 is 6.03 Å². The standard InChI is InChI=1S/C36H50N6O5/c1-25-21-27(22-26(2)33(25)37)24-42(35(46)47)19-12-30(41-18-7-28-5-3-4-6-32(28)38-34(41)45)23-36(42,13-20-43)40-16-8-29(9-17-40)39-14-10-31(44)11-15-39/h3-6,20-22,29-31,44H,7-19,23-24,37H2,1-2H3,(H-,38,45,46,47)/t30?,36?,42-/m0/s1. The van der Waals surface area contributed by atoms with Crippen LogP contribution in [0.5, 0.6) is 0 Å². The Hall–Kier alpha value is -3.51. The van der Waals surface area contributed by atoms with Crippen molar-refractivity contribution in [3.8, 4) is 0 Å². The number of nitrogen functional groups attached to an aromatic ring is 1. The summed E-state index contributed by atoms with van der Waals surface area (Å²) in [6, 6.07) is 11.6. The Morgan fingerprint density at radius 3 is 2.38 bits per heavy atom. The van der Waals surface area contributed by atoms with Gasteiger partial charge in [0.2, 0.25) is 0 Å². The summed E-state index contributed by atoms with van der Waals surface area (Å²) in [7, 11) is 0. The molecular formula is C36H50N6O5. The van der Waals surface area contributed by atoms with Gasteiger partial charge in [0.1, 0.15) is 12.8 Å². The lowest BCUT2D eigenvalue weighted by atomic mass is 9.81. The number of hydrogen-bond donors (Lipinski definition) is 3. The first kappa shape index (κ1) is 33.4. The number of nitrogens with zero attached hydrogens (tertiary/aromatic N) is 4. The van der Waals surface area contributed by atoms with Gasteiger partial charge in [-0.25, -0.2) is 4.79 Å². The van der Waals surface area contributed by atoms with Gasteiger partial charge in [0.25, 0.3) is 6.09 Å². The molecule has 2 aromatic rings. The van der Waals surface area contributed by atoms with Crippen molar-refractivity contribution in [3.63, 3.8) is 0 Å². The van der Waals surface area contributed by atoms with Gasteiger partial charge in [0.15, 0.2) is 5.66 Å². The van der Waals surface area contributed by atoms with Crippen molar-refractivity contribution in [1.82, 2.24) is 14.7 Å². The maximum absolute atomic E-state index is 13.7. The summed E-state index contributed by atoms with van der Waals surface area (Å²) in [4.78, 5) is 46.7. The number of hydrogen-bond acceptors (Lipinski definition) is 8. The number of anilines is 2. The third kappa shape index (κ3) is 6.26. The van der Waals surface area contributed by atoms with Crippen LogP contribution in [0.1, 0.15) is 67.2 Å². The molecule has 11 nitrogen and oxygen atoms in total. The van der Waals surface area contributed by atoms with Crippen molar-refractivity contribution in [2.45, 2.75) is 95.6 Å². The molecule has 6 rings (SSSR count). The van der Waals surface area contributed by atoms with Gasteiger partial charge in [0.05, 0.1) is 19.1 Å². The van der Waals surface area contributed by atoms with E-state index >= 15 is 0 Å². The second kappa shape index (κ2) is 13.5. The molecule has 11 heteroatoms. The summed E-state index contributed by atoms with van der Waals surface area (Å²) < 4.78 is -0.401. The van der Waals surface area contributed by atoms with E-state index in [1.165, 1.54) is 0 Å². The molecule has 0 aliphatic carbocycles. The van der Waals surface area contributed by atoms with Gasteiger partial charge in [0, 0.05) is 74.6 Å². The van der Waals surface area contributed by atoms with Crippen molar-refractivity contribution in [3.05, 3.63) is 58.7 Å². The number of carboxylic acid groups (broad SMARTS) is 1. The molecule has 2 aromatic carbocycles. The molecule has 47 heavy (non-hydrogen) atoms. The van der Waals surface area contributed by atoms with Crippen LogP contribution >= 0.6 is 0 Å². The molecule has 0 radical (unpaired) electrons. The van der Waals surface area contributed by atoms with E-state index in [-0.39, 0.29) is 37.7 Å². The molecule has 3 fully saturated rings. The molecule has 254 valence electrons. The van der Waals surface area contributed by atoms with Crippen molar-refractivity contribution < 1.29 is 29.1 Å². The zero-order valence-corrected chi connectivity index (χ0v) is 27.8. The number of amides is 3. The van der Waals surface area contributed by atoms with Gasteiger partial charge in [-0.15, -0.1) is 0 Å². The molecule has 3 amide bonds. The number of carbonyl (C=O) groups is 3. The number of carbonyl (C=O) groups excluding carboxylic acids is 3. The lowest BCUT2D eigenvalue weighted by Crippen LogP contribution is -2.80. The third-order valence-electron chi connectivity index (χ3n) is 11.7. The summed E-state index contributed by atoms with van der Waals surface area (Å²) in [5, 5.41) is 26.9. The zero-order chi connectivity index (χ0) is 33.3. The largest absolute Gasteiger partial charge is 0.498 e. The minimum atomic E-state index is -1.20. The Balaban J connectivity index is 1.36. The van der Waals surface area contributed by atoms with E-state index in [0.717, 1.165) is 73.0 Å². The first-order chi connectivity index (χ1) is 22.6. The van der Waals surface area contributed by atoms with Crippen LogP contribution in [0.3, 0.4) is 0 Å². The van der Waals surface area contributed by atoms with Crippen LogP contribution in [0.15, 0.2) is 36.4 Å². The first-order valence-electron chi connectivity index (χ1n) is 17.3. The number of rotatable bonds is 7. The van der Waals surface area contributed by atoms with Gasteiger partial charge < -0.3 is 40.7 Å². The third-order valence-corrected chi connectivity index (χ3v) is 11.7. The number of piperidine rings is 3. The fourth-order valence-corrected chi connectivity index (χ4v) is 9.07. The molecule has 4 heterocycles. The number of aliphatic hydroxyl groups is 1. The highest BCUT2D eigenvalue weighted by Gasteiger charge is 2.61. The van der Waals surface area contributed by atoms with Gasteiger partial charge in [-0.05, 0) is 80.8 Å². The number of aryl methyl sites for hydroxylation is 2. The van der Waals surface area contributed by atoms with Crippen LogP contribution in [-0.2, 0) is 17.8 Å². The van der Waals surface area contributed by atoms with Crippen LogP contribution in [-0.4, -0.2) is 106 Å². The number of nitrogens with two attached hydrogens (primary N) is 1. The molecule has 0 spiro atoms. The predicted octanol–water partition coefficient (Wildman–Crippen LogP) is 3.00. The SMILES string of the molecule is Cc1cc(C[N@+]2(C(=O)[O-])CCC(N3CCc4ccccc4NC3=O)CC2(CC=O)N2CCC(N3CCC(O)CC3)CC2)cc(C)c1N. The number of para-hydroxylation sites is 1. The Morgan fingerprint density at radius 2 is 1.72 bits per heavy atom. The predicted molar refractivity (Wildman–Crippen MR) is 178 cm³/mol. The summed E-state index contributed by atoms with van der Waals surface area (Å²) in [5.74, 6) is 0. The number of urea groups is 1. The summed E-state index contributed by atoms with van der Waals surface area (Å²) in [6.45, 7) is 7.74. The van der Waals surface area contributed by atoms with Crippen LogP contribution in [0.2, 0.25) is 0 Å². The lowest BCUT2D eigenvalue weighted by Gasteiger charge is -2.62. The van der Waals surface area contributed by atoms with Crippen LogP contribution in [0.25, 0.3) is 0 Å². The average Bonchev–Trinajstić information content (AvgIpc) is 3.23. The topological polar surface area (TPSA) is 142 Å². The monoisotopic (exact) mass is 646 g/mol. The smallest absolute Gasteiger partial charge is 0.322 e. The molecule has 3 atom stereocenters. The molecule has 0 saturated carbocycles. The van der Waals surface area contributed by atoms with Crippen molar-refractivity contribution in [2.75, 3.05) is 50.3 Å². The normalized spacial score (nSPS) is 28.4. The van der Waals surface area contributed by atoms with E-state index in [2.05, 4.69) is 15.1 Å². The van der Waals surface area contributed by atoms with Gasteiger partial charge in [-0.2, -0.15) is 0 Å². The maximum Gasteiger partial charge on any atom is 0.322 e. The summed E-state index contributed by atoms with van der Waals surface area (Å²) in [5.41, 5.74) is 10.4. The van der Waals surface area contributed by atoms with Crippen molar-refractivity contribution in [1.29, 1.82) is 0 Å². The fourth-order valence-electron chi connectivity index (χ4n) is 9.07. The fraction of sp³-hybridized carbons (Fsp3) is 0.583. The highest BCUT2D eigenvalue weighted by molar-refractivity contribution is 5.91. The second-order valence-electron chi connectivity index (χ2n) is 14.3. The van der Waals surface area contributed by atoms with E-state index in [9.17, 15) is 24.6 Å². The highest BCUT2D eigenvalue weighted by atomic mass is 16.4. The van der Waals surface area contributed by atoms with Gasteiger partial charge in [-0.1, -0.05) is 18.2 Å². The molecular weight excluding hydrogens is 596 g/mol. The molecule has 4 N–H and O–H groups in total. The number of nitrogens with one attached hydrogen (secondary N) is 1. The van der Waals surface area contributed by atoms with E-state index < -0.39 is 16.2 Å². The average molecular weight is 647 g/mol. The number of likely N-dealkylation sites (tertiary alicyclic amines) is 3. The Morgan fingerprint density at radius 1 is 1.04 bits per heavy atom. The number of quaternary nitrogens is 1. The van der Waals surface area contributed by atoms with E-state index in [1.54, 1.807) is 0 Å². The minimum absolute atomic E-state index is 0.0146. The van der Waals surface area contributed by atoms with Crippen LogP contribution < -0.4 is 16.2 Å². The Labute approximate surface area is 277 Å². The lowest BCUT2D eigenvalue weighted by molar-refractivity contribution is -0.956. The molecule has 4 aliphatic rings. The summed E-state index contributed by atoms with van der Waals surface area (Å²) in [6.07, 6.45) is 4.16. The zero-order valence-electron chi connectivity index (χ0n) is 27.8. The van der Waals surface area contributed by atoms with Crippen molar-refractivity contribution >= 4 is 29.8 Å². The summed E-state index contributed by atoms with van der Waals surface area (Å²) >= 11 is 0. The van der Waals surface area contributed by atoms with Crippen molar-refractivity contribution in [2.24, 2.45) is 0 Å². The molecule has 3 saturated heterocycles. The van der Waals surface area contributed by atoms with Crippen LogP contribution in [0.4, 0.5) is 21.0 Å². The Bertz CT molecular complexity index is 1460. The van der Waals surface area contributed by atoms with E-state index in [4.69, 9.17) is 5.73 Å². The highest BCUT2D eigenvalue weighted by Crippen LogP contribution is 2.46. The maximum atomic E-state index is 13.7. The van der Waals surface area contributed by atoms with Gasteiger partial charge in [-0.3, -0.25) is 9.38 Å².